The molecule has 1 unspecified atom stereocenters. The van der Waals surface area contributed by atoms with Crippen LogP contribution in [-0.2, 0) is 20.9 Å². The van der Waals surface area contributed by atoms with E-state index in [4.69, 9.17) is 5.21 Å². The summed E-state index contributed by atoms with van der Waals surface area (Å²) in [5.41, 5.74) is 4.26. The first-order valence-corrected chi connectivity index (χ1v) is 11.4. The normalized spacial score (nSPS) is 11.7. The summed E-state index contributed by atoms with van der Waals surface area (Å²) in [7, 11) is 0. The Labute approximate surface area is 208 Å². The van der Waals surface area contributed by atoms with Crippen LogP contribution in [0, 0.1) is 0 Å². The summed E-state index contributed by atoms with van der Waals surface area (Å²) in [5, 5.41) is 13.5. The number of carbonyl (C=O) groups is 3. The number of nitrogens with zero attached hydrogens (tertiary/aromatic N) is 1. The van der Waals surface area contributed by atoms with E-state index < -0.39 is 11.9 Å². The molecule has 0 radical (unpaired) electrons. The quantitative estimate of drug-likeness (QED) is 0.144. The van der Waals surface area contributed by atoms with Gasteiger partial charge in [0.15, 0.2) is 0 Å². The second kappa shape index (κ2) is 11.6. The van der Waals surface area contributed by atoms with E-state index in [1.807, 2.05) is 72.8 Å². The molecule has 0 aromatic heterocycles. The molecule has 7 heteroatoms. The van der Waals surface area contributed by atoms with Crippen molar-refractivity contribution in [1.29, 1.82) is 0 Å². The smallest absolute Gasteiger partial charge is 0.267 e. The Morgan fingerprint density at radius 3 is 2.39 bits per heavy atom. The zero-order valence-corrected chi connectivity index (χ0v) is 19.4. The van der Waals surface area contributed by atoms with E-state index in [-0.39, 0.29) is 5.91 Å². The maximum absolute atomic E-state index is 13.6. The zero-order chi connectivity index (χ0) is 25.3. The van der Waals surface area contributed by atoms with Crippen LogP contribution in [0.4, 0.5) is 5.69 Å². The molecule has 0 fully saturated rings. The Bertz CT molecular complexity index is 1400. The monoisotopic (exact) mass is 479 g/mol. The van der Waals surface area contributed by atoms with Gasteiger partial charge in [0.2, 0.25) is 12.3 Å². The van der Waals surface area contributed by atoms with Gasteiger partial charge in [0.1, 0.15) is 6.04 Å². The molecule has 0 aliphatic heterocycles. The molecule has 3 amide bonds. The third kappa shape index (κ3) is 5.65. The van der Waals surface area contributed by atoms with E-state index >= 15 is 0 Å². The van der Waals surface area contributed by atoms with Crippen molar-refractivity contribution >= 4 is 40.8 Å². The number of hydrogen-bond acceptors (Lipinski definition) is 4. The molecular weight excluding hydrogens is 454 g/mol. The molecule has 0 saturated heterocycles. The van der Waals surface area contributed by atoms with Gasteiger partial charge in [-0.05, 0) is 40.3 Å². The highest BCUT2D eigenvalue weighted by Crippen LogP contribution is 2.33. The lowest BCUT2D eigenvalue weighted by Gasteiger charge is -2.29. The van der Waals surface area contributed by atoms with Crippen molar-refractivity contribution in [2.75, 3.05) is 4.90 Å². The summed E-state index contributed by atoms with van der Waals surface area (Å²) in [6.07, 6.45) is 3.35. The minimum Gasteiger partial charge on any atom is -0.350 e. The number of amides is 3. The van der Waals surface area contributed by atoms with Crippen LogP contribution in [0.15, 0.2) is 103 Å². The fourth-order valence-corrected chi connectivity index (χ4v) is 4.05. The van der Waals surface area contributed by atoms with Gasteiger partial charge in [0.25, 0.3) is 5.91 Å². The predicted molar refractivity (Wildman–Crippen MR) is 139 cm³/mol. The van der Waals surface area contributed by atoms with Gasteiger partial charge in [-0.3, -0.25) is 24.5 Å². The van der Waals surface area contributed by atoms with Crippen LogP contribution in [0.25, 0.3) is 16.8 Å². The molecule has 36 heavy (non-hydrogen) atoms. The molecule has 0 bridgehead atoms. The first-order chi connectivity index (χ1) is 17.6. The minimum atomic E-state index is -0.975. The molecule has 1 atom stereocenters. The van der Waals surface area contributed by atoms with Crippen LogP contribution in [-0.4, -0.2) is 23.4 Å². The molecule has 0 saturated carbocycles. The lowest BCUT2D eigenvalue weighted by atomic mass is 9.99. The number of hydroxylamine groups is 1. The van der Waals surface area contributed by atoms with Crippen LogP contribution in [0.1, 0.15) is 22.7 Å². The highest BCUT2D eigenvalue weighted by atomic mass is 16.5. The van der Waals surface area contributed by atoms with Gasteiger partial charge >= 0.3 is 0 Å². The van der Waals surface area contributed by atoms with E-state index in [0.717, 1.165) is 16.3 Å². The van der Waals surface area contributed by atoms with E-state index in [1.165, 1.54) is 17.1 Å². The summed E-state index contributed by atoms with van der Waals surface area (Å²) in [4.78, 5) is 39.0. The third-order valence-electron chi connectivity index (χ3n) is 5.76. The first kappa shape index (κ1) is 24.4. The lowest BCUT2D eigenvalue weighted by Crippen LogP contribution is -2.40. The second-order valence-corrected chi connectivity index (χ2v) is 8.10. The van der Waals surface area contributed by atoms with Gasteiger partial charge < -0.3 is 5.32 Å². The molecule has 4 aromatic rings. The molecule has 180 valence electrons. The van der Waals surface area contributed by atoms with Gasteiger partial charge in [-0.2, -0.15) is 0 Å². The van der Waals surface area contributed by atoms with Gasteiger partial charge in [-0.25, -0.2) is 5.48 Å². The average Bonchev–Trinajstić information content (AvgIpc) is 2.93. The van der Waals surface area contributed by atoms with E-state index in [1.54, 1.807) is 29.7 Å². The van der Waals surface area contributed by atoms with Crippen molar-refractivity contribution in [3.8, 4) is 0 Å². The fraction of sp³-hybridized carbons (Fsp3) is 0.0690. The molecule has 4 aromatic carbocycles. The number of anilines is 1. The van der Waals surface area contributed by atoms with Gasteiger partial charge in [0.05, 0.1) is 5.69 Å². The van der Waals surface area contributed by atoms with Crippen LogP contribution < -0.4 is 15.7 Å². The van der Waals surface area contributed by atoms with Crippen molar-refractivity contribution < 1.29 is 19.6 Å². The highest BCUT2D eigenvalue weighted by molar-refractivity contribution is 6.02. The van der Waals surface area contributed by atoms with E-state index in [9.17, 15) is 14.4 Å². The summed E-state index contributed by atoms with van der Waals surface area (Å²) < 4.78 is 0. The van der Waals surface area contributed by atoms with Crippen molar-refractivity contribution in [2.45, 2.75) is 12.6 Å². The maximum Gasteiger partial charge on any atom is 0.267 e. The highest BCUT2D eigenvalue weighted by Gasteiger charge is 2.29. The summed E-state index contributed by atoms with van der Waals surface area (Å²) in [6.45, 7) is 0.300. The molecule has 7 nitrogen and oxygen atoms in total. The predicted octanol–water partition coefficient (Wildman–Crippen LogP) is 4.38. The summed E-state index contributed by atoms with van der Waals surface area (Å²) in [5.74, 6) is -1.03. The Kier molecular flexibility index (Phi) is 7.85. The maximum atomic E-state index is 13.6. The second-order valence-electron chi connectivity index (χ2n) is 8.10. The van der Waals surface area contributed by atoms with Crippen LogP contribution in [0.2, 0.25) is 0 Å². The number of rotatable bonds is 9. The summed E-state index contributed by atoms with van der Waals surface area (Å²) in [6, 6.07) is 28.8. The fourth-order valence-electron chi connectivity index (χ4n) is 4.05. The van der Waals surface area contributed by atoms with Gasteiger partial charge in [0, 0.05) is 18.0 Å². The molecular formula is C29H25N3O4. The zero-order valence-electron chi connectivity index (χ0n) is 19.4. The lowest BCUT2D eigenvalue weighted by molar-refractivity contribution is -0.124. The SMILES string of the molecule is O=CN(c1cccc2ccccc12)C(C(=O)NCc1ccccc1)c1cccc(C=CC(=O)NO)c1. The van der Waals surface area contributed by atoms with Gasteiger partial charge in [-0.15, -0.1) is 0 Å². The Morgan fingerprint density at radius 1 is 0.889 bits per heavy atom. The summed E-state index contributed by atoms with van der Waals surface area (Å²) >= 11 is 0. The molecule has 0 spiro atoms. The van der Waals surface area contributed by atoms with E-state index in [0.29, 0.717) is 29.8 Å². The topological polar surface area (TPSA) is 98.7 Å². The van der Waals surface area contributed by atoms with E-state index in [2.05, 4.69) is 5.32 Å². The number of fused-ring (bicyclic) bond motifs is 1. The molecule has 0 heterocycles. The standard InChI is InChI=1S/C29H25N3O4/c33-20-32(26-15-7-12-23-11-4-5-14-25(23)26)28(29(35)30-19-22-8-2-1-3-9-22)24-13-6-10-21(18-24)16-17-27(34)31-36/h1-18,20,28,36H,19H2,(H,30,35)(H,31,34). The van der Waals surface area contributed by atoms with Crippen molar-refractivity contribution in [3.63, 3.8) is 0 Å². The molecule has 4 rings (SSSR count). The van der Waals surface area contributed by atoms with Crippen LogP contribution in [0.3, 0.4) is 0 Å². The van der Waals surface area contributed by atoms with Crippen molar-refractivity contribution in [2.24, 2.45) is 0 Å². The number of hydrogen-bond donors (Lipinski definition) is 3. The van der Waals surface area contributed by atoms with Crippen molar-refractivity contribution in [3.05, 3.63) is 120 Å². The Morgan fingerprint density at radius 2 is 1.61 bits per heavy atom. The van der Waals surface area contributed by atoms with Gasteiger partial charge in [-0.1, -0.05) is 84.9 Å². The average molecular weight is 480 g/mol. The van der Waals surface area contributed by atoms with Crippen LogP contribution in [0.5, 0.6) is 0 Å². The molecule has 0 aliphatic rings. The first-order valence-electron chi connectivity index (χ1n) is 11.4. The number of benzene rings is 4. The number of nitrogens with one attached hydrogen (secondary N) is 2. The third-order valence-corrected chi connectivity index (χ3v) is 5.76. The molecule has 3 N–H and O–H groups in total. The number of carbonyl (C=O) groups excluding carboxylic acids is 3. The minimum absolute atomic E-state index is 0.300. The van der Waals surface area contributed by atoms with Crippen LogP contribution >= 0.6 is 0 Å². The Balaban J connectivity index is 1.76. The van der Waals surface area contributed by atoms with Crippen molar-refractivity contribution in [1.82, 2.24) is 10.8 Å². The molecule has 0 aliphatic carbocycles. The Hall–Kier alpha value is -4.75. The largest absolute Gasteiger partial charge is 0.350 e.